The van der Waals surface area contributed by atoms with Crippen LogP contribution in [-0.4, -0.2) is 37.9 Å². The van der Waals surface area contributed by atoms with Crippen LogP contribution in [0.25, 0.3) is 0 Å². The van der Waals surface area contributed by atoms with Crippen molar-refractivity contribution in [3.05, 3.63) is 29.3 Å². The highest BCUT2D eigenvalue weighted by molar-refractivity contribution is 6.60. The van der Waals surface area contributed by atoms with Gasteiger partial charge in [-0.15, -0.1) is 0 Å². The van der Waals surface area contributed by atoms with E-state index in [1.165, 1.54) is 5.56 Å². The molecule has 0 aliphatic carbocycles. The summed E-state index contributed by atoms with van der Waals surface area (Å²) in [6.07, 6.45) is 0.868. The van der Waals surface area contributed by atoms with Crippen LogP contribution < -0.4 is 4.43 Å². The second kappa shape index (κ2) is 8.95. The van der Waals surface area contributed by atoms with Gasteiger partial charge in [0.15, 0.2) is 0 Å². The number of hydrogen-bond donors (Lipinski definition) is 0. The molecule has 1 aliphatic rings. The van der Waals surface area contributed by atoms with Gasteiger partial charge in [0.25, 0.3) is 0 Å². The van der Waals surface area contributed by atoms with Crippen molar-refractivity contribution in [3.63, 3.8) is 0 Å². The number of aryl methyl sites for hydroxylation is 1. The van der Waals surface area contributed by atoms with Crippen LogP contribution in [0.5, 0.6) is 5.75 Å². The quantitative estimate of drug-likeness (QED) is 0.637. The fourth-order valence-corrected chi connectivity index (χ4v) is 6.40. The van der Waals surface area contributed by atoms with Crippen LogP contribution in [0.1, 0.15) is 31.9 Å². The molecule has 1 atom stereocenters. The number of benzene rings is 1. The van der Waals surface area contributed by atoms with E-state index in [0.717, 1.165) is 23.8 Å². The summed E-state index contributed by atoms with van der Waals surface area (Å²) in [7, 11) is -4.05. The lowest BCUT2D eigenvalue weighted by atomic mass is 10.1. The summed E-state index contributed by atoms with van der Waals surface area (Å²) in [5, 5.41) is 0. The van der Waals surface area contributed by atoms with Crippen LogP contribution in [0.3, 0.4) is 0 Å². The molecular weight excluding hydrogens is 328 g/mol. The Morgan fingerprint density at radius 2 is 1.74 bits per heavy atom. The summed E-state index contributed by atoms with van der Waals surface area (Å²) < 4.78 is 29.2. The first-order chi connectivity index (χ1) is 11.1. The molecule has 1 aromatic carbocycles. The van der Waals surface area contributed by atoms with Gasteiger partial charge in [-0.05, 0) is 51.4 Å². The summed E-state index contributed by atoms with van der Waals surface area (Å²) in [6.45, 7) is 10.5. The SMILES string of the molecule is CCO[Si](CCc1ccc2c(c1)CO[SiH](C)O2)(OCC)OCC. The topological polar surface area (TPSA) is 46.2 Å². The average Bonchev–Trinajstić information content (AvgIpc) is 2.53. The van der Waals surface area contributed by atoms with E-state index in [2.05, 4.69) is 18.2 Å². The van der Waals surface area contributed by atoms with Gasteiger partial charge in [0.05, 0.1) is 6.61 Å². The fraction of sp³-hybridized carbons (Fsp3) is 0.625. The Hall–Kier alpha value is -0.706. The minimum absolute atomic E-state index is 0.612. The van der Waals surface area contributed by atoms with Gasteiger partial charge in [0.2, 0.25) is 0 Å². The molecule has 2 rings (SSSR count). The summed E-state index contributed by atoms with van der Waals surface area (Å²) in [5.74, 6) is 0.974. The van der Waals surface area contributed by atoms with E-state index >= 15 is 0 Å². The van der Waals surface area contributed by atoms with Crippen molar-refractivity contribution < 1.29 is 22.1 Å². The second-order valence-electron chi connectivity index (χ2n) is 5.42. The highest BCUT2D eigenvalue weighted by atomic mass is 28.4. The fourth-order valence-electron chi connectivity index (χ4n) is 2.73. The highest BCUT2D eigenvalue weighted by Gasteiger charge is 2.39. The van der Waals surface area contributed by atoms with Crippen molar-refractivity contribution in [3.8, 4) is 5.75 Å². The number of rotatable bonds is 9. The van der Waals surface area contributed by atoms with Crippen molar-refractivity contribution in [2.45, 2.75) is 46.4 Å². The molecule has 0 saturated carbocycles. The van der Waals surface area contributed by atoms with Gasteiger partial charge in [-0.1, -0.05) is 6.07 Å². The third-order valence-corrected chi connectivity index (χ3v) is 7.97. The highest BCUT2D eigenvalue weighted by Crippen LogP contribution is 2.27. The molecule has 5 nitrogen and oxygen atoms in total. The Balaban J connectivity index is 2.05. The van der Waals surface area contributed by atoms with Gasteiger partial charge in [-0.25, -0.2) is 0 Å². The van der Waals surface area contributed by atoms with Gasteiger partial charge in [-0.2, -0.15) is 0 Å². The van der Waals surface area contributed by atoms with Crippen molar-refractivity contribution in [1.82, 2.24) is 0 Å². The monoisotopic (exact) mass is 356 g/mol. The predicted octanol–water partition coefficient (Wildman–Crippen LogP) is 3.04. The first-order valence-corrected chi connectivity index (χ1v) is 12.5. The van der Waals surface area contributed by atoms with E-state index in [-0.39, 0.29) is 0 Å². The average molecular weight is 357 g/mol. The van der Waals surface area contributed by atoms with E-state index in [0.29, 0.717) is 26.4 Å². The molecule has 1 unspecified atom stereocenters. The van der Waals surface area contributed by atoms with E-state index in [1.54, 1.807) is 0 Å². The molecule has 0 aromatic heterocycles. The first kappa shape index (κ1) is 18.6. The van der Waals surface area contributed by atoms with Crippen LogP contribution in [0.4, 0.5) is 0 Å². The molecule has 0 radical (unpaired) electrons. The van der Waals surface area contributed by atoms with Crippen molar-refractivity contribution >= 4 is 18.1 Å². The Morgan fingerprint density at radius 3 is 2.35 bits per heavy atom. The number of fused-ring (bicyclic) bond motifs is 1. The molecule has 1 aliphatic heterocycles. The second-order valence-corrected chi connectivity index (χ2v) is 9.86. The molecule has 0 saturated heterocycles. The molecule has 0 fully saturated rings. The molecule has 1 heterocycles. The molecule has 23 heavy (non-hydrogen) atoms. The molecule has 0 N–H and O–H groups in total. The van der Waals surface area contributed by atoms with Crippen molar-refractivity contribution in [2.24, 2.45) is 0 Å². The van der Waals surface area contributed by atoms with E-state index in [4.69, 9.17) is 22.1 Å². The molecular formula is C16H28O5Si2. The lowest BCUT2D eigenvalue weighted by Gasteiger charge is -2.28. The maximum absolute atomic E-state index is 5.91. The zero-order valence-corrected chi connectivity index (χ0v) is 16.7. The molecule has 130 valence electrons. The minimum atomic E-state index is -2.58. The van der Waals surface area contributed by atoms with Gasteiger partial charge < -0.3 is 22.1 Å². The lowest BCUT2D eigenvalue weighted by molar-refractivity contribution is 0.0714. The Morgan fingerprint density at radius 1 is 1.09 bits per heavy atom. The maximum Gasteiger partial charge on any atom is 0.501 e. The van der Waals surface area contributed by atoms with Crippen LogP contribution in [-0.2, 0) is 30.7 Å². The van der Waals surface area contributed by atoms with Crippen LogP contribution >= 0.6 is 0 Å². The molecule has 1 aromatic rings. The standard InChI is InChI=1S/C16H28O5Si2/c1-5-18-23(19-6-2,20-7-3)11-10-14-8-9-16-15(12-14)13-17-22(4)21-16/h8-9,12,22H,5-7,10-11,13H2,1-4H3. The Kier molecular flexibility index (Phi) is 7.25. The van der Waals surface area contributed by atoms with Gasteiger partial charge in [-0.3, -0.25) is 0 Å². The molecule has 0 bridgehead atoms. The first-order valence-electron chi connectivity index (χ1n) is 8.44. The molecule has 0 spiro atoms. The van der Waals surface area contributed by atoms with Gasteiger partial charge in [0.1, 0.15) is 5.75 Å². The lowest BCUT2D eigenvalue weighted by Crippen LogP contribution is -2.46. The van der Waals surface area contributed by atoms with E-state index < -0.39 is 18.1 Å². The normalized spacial score (nSPS) is 17.7. The zero-order chi connectivity index (χ0) is 16.7. The Labute approximate surface area is 142 Å². The number of hydrogen-bond acceptors (Lipinski definition) is 5. The van der Waals surface area contributed by atoms with E-state index in [9.17, 15) is 0 Å². The van der Waals surface area contributed by atoms with E-state index in [1.807, 2.05) is 27.3 Å². The summed E-state index contributed by atoms with van der Waals surface area (Å²) in [5.41, 5.74) is 2.37. The summed E-state index contributed by atoms with van der Waals surface area (Å²) >= 11 is 0. The van der Waals surface area contributed by atoms with Crippen molar-refractivity contribution in [2.75, 3.05) is 19.8 Å². The summed E-state index contributed by atoms with van der Waals surface area (Å²) in [4.78, 5) is 0. The third-order valence-electron chi connectivity index (χ3n) is 3.70. The van der Waals surface area contributed by atoms with Crippen molar-refractivity contribution in [1.29, 1.82) is 0 Å². The maximum atomic E-state index is 5.91. The largest absolute Gasteiger partial charge is 0.522 e. The Bertz CT molecular complexity index is 480. The van der Waals surface area contributed by atoms with Crippen LogP contribution in [0, 0.1) is 0 Å². The van der Waals surface area contributed by atoms with Gasteiger partial charge in [0, 0.05) is 31.4 Å². The predicted molar refractivity (Wildman–Crippen MR) is 94.0 cm³/mol. The molecule has 7 heteroatoms. The summed E-state index contributed by atoms with van der Waals surface area (Å²) in [6, 6.07) is 7.13. The van der Waals surface area contributed by atoms with Gasteiger partial charge >= 0.3 is 18.1 Å². The molecule has 0 amide bonds. The zero-order valence-electron chi connectivity index (χ0n) is 14.6. The minimum Gasteiger partial charge on any atom is -0.522 e. The van der Waals surface area contributed by atoms with Crippen LogP contribution in [0.15, 0.2) is 18.2 Å². The third kappa shape index (κ3) is 5.13. The smallest absolute Gasteiger partial charge is 0.501 e. The van der Waals surface area contributed by atoms with Crippen LogP contribution in [0.2, 0.25) is 12.6 Å².